The summed E-state index contributed by atoms with van der Waals surface area (Å²) in [5, 5.41) is 18.1. The monoisotopic (exact) mass is 176 g/mol. The number of aromatic hydroxyl groups is 1. The van der Waals surface area contributed by atoms with Crippen LogP contribution in [0, 0.1) is 11.3 Å². The largest absolute Gasteiger partial charge is 0.504 e. The van der Waals surface area contributed by atoms with Crippen LogP contribution in [0.5, 0.6) is 11.5 Å². The summed E-state index contributed by atoms with van der Waals surface area (Å²) in [6.45, 7) is 0.321. The van der Waals surface area contributed by atoms with Crippen LogP contribution in [-0.2, 0) is 0 Å². The first-order chi connectivity index (χ1) is 6.24. The highest BCUT2D eigenvalue weighted by molar-refractivity contribution is 5.57. The van der Waals surface area contributed by atoms with Crippen molar-refractivity contribution in [2.75, 3.05) is 6.61 Å². The molecule has 0 fully saturated rings. The van der Waals surface area contributed by atoms with Gasteiger partial charge in [-0.25, -0.2) is 0 Å². The standard InChI is InChI=1S/C9H8N2O2/c10-3-5-1-2-7(12)9-8(5)6(11)4-13-9/h1-2,6,12H,4,11H2/t6-/m1/s1. The zero-order valence-corrected chi connectivity index (χ0v) is 6.82. The van der Waals surface area contributed by atoms with Gasteiger partial charge in [0, 0.05) is 5.56 Å². The molecule has 0 saturated carbocycles. The van der Waals surface area contributed by atoms with Crippen molar-refractivity contribution < 1.29 is 9.84 Å². The maximum absolute atomic E-state index is 9.38. The number of ether oxygens (including phenoxy) is 1. The minimum Gasteiger partial charge on any atom is -0.504 e. The quantitative estimate of drug-likeness (QED) is 0.608. The summed E-state index contributed by atoms with van der Waals surface area (Å²) in [5.74, 6) is 0.397. The predicted octanol–water partition coefficient (Wildman–Crippen LogP) is 0.656. The molecule has 13 heavy (non-hydrogen) atoms. The van der Waals surface area contributed by atoms with E-state index in [1.54, 1.807) is 6.07 Å². The second-order valence-electron chi connectivity index (χ2n) is 2.90. The molecule has 0 spiro atoms. The summed E-state index contributed by atoms with van der Waals surface area (Å²) in [6.07, 6.45) is 0. The lowest BCUT2D eigenvalue weighted by atomic mass is 10.0. The van der Waals surface area contributed by atoms with Crippen LogP contribution in [0.15, 0.2) is 12.1 Å². The van der Waals surface area contributed by atoms with E-state index in [1.807, 2.05) is 6.07 Å². The van der Waals surface area contributed by atoms with Gasteiger partial charge in [0.15, 0.2) is 11.5 Å². The number of nitrogens with zero attached hydrogens (tertiary/aromatic N) is 1. The minimum absolute atomic E-state index is 0.0435. The Labute approximate surface area is 75.2 Å². The number of hydrogen-bond acceptors (Lipinski definition) is 4. The van der Waals surface area contributed by atoms with Gasteiger partial charge in [0.25, 0.3) is 0 Å². The van der Waals surface area contributed by atoms with Gasteiger partial charge in [0.1, 0.15) is 6.61 Å². The summed E-state index contributed by atoms with van der Waals surface area (Å²) < 4.78 is 5.16. The fourth-order valence-electron chi connectivity index (χ4n) is 1.46. The van der Waals surface area contributed by atoms with Crippen LogP contribution >= 0.6 is 0 Å². The zero-order valence-electron chi connectivity index (χ0n) is 6.82. The highest BCUT2D eigenvalue weighted by Crippen LogP contribution is 2.40. The van der Waals surface area contributed by atoms with Crippen LogP contribution < -0.4 is 10.5 Å². The molecule has 1 aromatic rings. The van der Waals surface area contributed by atoms with Crippen molar-refractivity contribution in [1.29, 1.82) is 5.26 Å². The fraction of sp³-hybridized carbons (Fsp3) is 0.222. The molecular formula is C9H8N2O2. The predicted molar refractivity (Wildman–Crippen MR) is 45.2 cm³/mol. The van der Waals surface area contributed by atoms with Crippen LogP contribution in [0.1, 0.15) is 17.2 Å². The molecule has 0 saturated heterocycles. The molecule has 1 atom stereocenters. The van der Waals surface area contributed by atoms with E-state index in [0.717, 1.165) is 0 Å². The lowest BCUT2D eigenvalue weighted by Gasteiger charge is -2.04. The van der Waals surface area contributed by atoms with Crippen molar-refractivity contribution >= 4 is 0 Å². The van der Waals surface area contributed by atoms with Gasteiger partial charge in [-0.15, -0.1) is 0 Å². The smallest absolute Gasteiger partial charge is 0.167 e. The Hall–Kier alpha value is -1.73. The molecule has 1 aliphatic heterocycles. The molecule has 4 nitrogen and oxygen atoms in total. The van der Waals surface area contributed by atoms with Crippen LogP contribution in [0.25, 0.3) is 0 Å². The fourth-order valence-corrected chi connectivity index (χ4v) is 1.46. The molecule has 1 aromatic carbocycles. The third-order valence-electron chi connectivity index (χ3n) is 2.07. The maximum atomic E-state index is 9.38. The molecule has 0 aliphatic carbocycles. The van der Waals surface area contributed by atoms with E-state index in [1.165, 1.54) is 6.07 Å². The van der Waals surface area contributed by atoms with Crippen LogP contribution in [0.4, 0.5) is 0 Å². The normalized spacial score (nSPS) is 18.9. The summed E-state index contributed by atoms with van der Waals surface area (Å²) in [5.41, 5.74) is 6.79. The van der Waals surface area contributed by atoms with Gasteiger partial charge < -0.3 is 15.6 Å². The first-order valence-electron chi connectivity index (χ1n) is 3.88. The van der Waals surface area contributed by atoms with E-state index in [-0.39, 0.29) is 11.8 Å². The van der Waals surface area contributed by atoms with Crippen molar-refractivity contribution in [3.8, 4) is 17.6 Å². The van der Waals surface area contributed by atoms with E-state index in [0.29, 0.717) is 23.5 Å². The lowest BCUT2D eigenvalue weighted by Crippen LogP contribution is -2.11. The van der Waals surface area contributed by atoms with Gasteiger partial charge in [-0.1, -0.05) is 0 Å². The molecule has 1 heterocycles. The Bertz CT molecular complexity index is 395. The van der Waals surface area contributed by atoms with Crippen molar-refractivity contribution in [3.63, 3.8) is 0 Å². The Kier molecular flexibility index (Phi) is 1.61. The molecule has 2 rings (SSSR count). The summed E-state index contributed by atoms with van der Waals surface area (Å²) in [7, 11) is 0. The van der Waals surface area contributed by atoms with E-state index >= 15 is 0 Å². The van der Waals surface area contributed by atoms with E-state index < -0.39 is 0 Å². The molecule has 4 heteroatoms. The molecule has 0 bridgehead atoms. The number of rotatable bonds is 0. The second-order valence-corrected chi connectivity index (χ2v) is 2.90. The number of nitriles is 1. The van der Waals surface area contributed by atoms with Gasteiger partial charge in [-0.05, 0) is 12.1 Å². The molecule has 0 aromatic heterocycles. The SMILES string of the molecule is N#Cc1ccc(O)c2c1[C@H](N)CO2. The average Bonchev–Trinajstić information content (AvgIpc) is 2.51. The van der Waals surface area contributed by atoms with Crippen molar-refractivity contribution in [3.05, 3.63) is 23.3 Å². The Morgan fingerprint density at radius 3 is 3.08 bits per heavy atom. The van der Waals surface area contributed by atoms with Crippen LogP contribution in [0.3, 0.4) is 0 Å². The Morgan fingerprint density at radius 2 is 2.38 bits per heavy atom. The Morgan fingerprint density at radius 1 is 1.62 bits per heavy atom. The number of phenolic OH excluding ortho intramolecular Hbond substituents is 1. The highest BCUT2D eigenvalue weighted by atomic mass is 16.5. The third kappa shape index (κ3) is 1.02. The van der Waals surface area contributed by atoms with Gasteiger partial charge in [-0.2, -0.15) is 5.26 Å². The second kappa shape index (κ2) is 2.64. The molecule has 0 radical (unpaired) electrons. The molecular weight excluding hydrogens is 168 g/mol. The van der Waals surface area contributed by atoms with Gasteiger partial charge in [0.05, 0.1) is 17.7 Å². The van der Waals surface area contributed by atoms with E-state index in [9.17, 15) is 5.11 Å². The van der Waals surface area contributed by atoms with Gasteiger partial charge in [0.2, 0.25) is 0 Å². The highest BCUT2D eigenvalue weighted by Gasteiger charge is 2.26. The van der Waals surface area contributed by atoms with Crippen molar-refractivity contribution in [2.45, 2.75) is 6.04 Å². The zero-order chi connectivity index (χ0) is 9.42. The van der Waals surface area contributed by atoms with E-state index in [2.05, 4.69) is 0 Å². The Balaban J connectivity index is 2.68. The molecule has 66 valence electrons. The first kappa shape index (κ1) is 7.90. The van der Waals surface area contributed by atoms with Crippen molar-refractivity contribution in [1.82, 2.24) is 0 Å². The summed E-state index contributed by atoms with van der Waals surface area (Å²) >= 11 is 0. The third-order valence-corrected chi connectivity index (χ3v) is 2.07. The molecule has 1 aliphatic rings. The van der Waals surface area contributed by atoms with Crippen molar-refractivity contribution in [2.24, 2.45) is 5.73 Å². The van der Waals surface area contributed by atoms with Crippen LogP contribution in [-0.4, -0.2) is 11.7 Å². The minimum atomic E-state index is -0.309. The number of benzene rings is 1. The molecule has 0 amide bonds. The van der Waals surface area contributed by atoms with Gasteiger partial charge in [-0.3, -0.25) is 0 Å². The molecule has 0 unspecified atom stereocenters. The average molecular weight is 176 g/mol. The first-order valence-corrected chi connectivity index (χ1v) is 3.88. The topological polar surface area (TPSA) is 79.3 Å². The summed E-state index contributed by atoms with van der Waals surface area (Å²) in [6, 6.07) is 4.69. The number of nitrogens with two attached hydrogens (primary N) is 1. The molecule has 3 N–H and O–H groups in total. The van der Waals surface area contributed by atoms with Crippen LogP contribution in [0.2, 0.25) is 0 Å². The van der Waals surface area contributed by atoms with Gasteiger partial charge >= 0.3 is 0 Å². The maximum Gasteiger partial charge on any atom is 0.167 e. The lowest BCUT2D eigenvalue weighted by molar-refractivity contribution is 0.317. The summed E-state index contributed by atoms with van der Waals surface area (Å²) in [4.78, 5) is 0. The number of fused-ring (bicyclic) bond motifs is 1. The van der Waals surface area contributed by atoms with E-state index in [4.69, 9.17) is 15.7 Å². The number of phenols is 1. The number of hydrogen-bond donors (Lipinski definition) is 2.